The van der Waals surface area contributed by atoms with Crippen molar-refractivity contribution in [3.05, 3.63) is 47.0 Å². The molecule has 152 valence electrons. The van der Waals surface area contributed by atoms with Gasteiger partial charge in [-0.05, 0) is 24.7 Å². The predicted octanol–water partition coefficient (Wildman–Crippen LogP) is 4.03. The van der Waals surface area contributed by atoms with Crippen molar-refractivity contribution in [1.82, 2.24) is 4.90 Å². The lowest BCUT2D eigenvalue weighted by molar-refractivity contribution is -0.117. The number of halogens is 3. The Balaban J connectivity index is 2.00. The van der Waals surface area contributed by atoms with Crippen molar-refractivity contribution in [3.8, 4) is 17.2 Å². The van der Waals surface area contributed by atoms with Crippen LogP contribution in [0.3, 0.4) is 0 Å². The molecule has 0 saturated heterocycles. The molecule has 0 atom stereocenters. The van der Waals surface area contributed by atoms with Crippen LogP contribution in [0.1, 0.15) is 5.56 Å². The Morgan fingerprint density at radius 2 is 1.89 bits per heavy atom. The Hall–Kier alpha value is -2.58. The van der Waals surface area contributed by atoms with Crippen molar-refractivity contribution in [2.75, 3.05) is 33.1 Å². The van der Waals surface area contributed by atoms with Gasteiger partial charge in [0.05, 0.1) is 31.5 Å². The van der Waals surface area contributed by atoms with Crippen LogP contribution in [0.2, 0.25) is 5.02 Å². The lowest BCUT2D eigenvalue weighted by Crippen LogP contribution is -2.30. The Morgan fingerprint density at radius 3 is 2.54 bits per heavy atom. The largest absolute Gasteiger partial charge is 0.495 e. The first kappa shape index (κ1) is 21.7. The van der Waals surface area contributed by atoms with E-state index in [-0.39, 0.29) is 18.2 Å². The molecule has 9 heteroatoms. The molecule has 0 aliphatic carbocycles. The number of ether oxygens (including phenoxy) is 3. The Morgan fingerprint density at radius 1 is 1.18 bits per heavy atom. The molecule has 0 radical (unpaired) electrons. The molecular formula is C19H21ClF2N2O4. The van der Waals surface area contributed by atoms with Gasteiger partial charge in [0.2, 0.25) is 5.91 Å². The van der Waals surface area contributed by atoms with Gasteiger partial charge in [-0.25, -0.2) is 0 Å². The van der Waals surface area contributed by atoms with E-state index in [0.717, 1.165) is 5.56 Å². The van der Waals surface area contributed by atoms with E-state index in [4.69, 9.17) is 21.1 Å². The first-order chi connectivity index (χ1) is 13.3. The van der Waals surface area contributed by atoms with Crippen molar-refractivity contribution < 1.29 is 27.8 Å². The van der Waals surface area contributed by atoms with E-state index in [1.807, 2.05) is 0 Å². The molecule has 28 heavy (non-hydrogen) atoms. The number of nitrogens with zero attached hydrogens (tertiary/aromatic N) is 1. The Bertz CT molecular complexity index is 821. The number of amides is 1. The van der Waals surface area contributed by atoms with Gasteiger partial charge in [0.1, 0.15) is 17.2 Å². The van der Waals surface area contributed by atoms with Crippen LogP contribution in [0, 0.1) is 0 Å². The summed E-state index contributed by atoms with van der Waals surface area (Å²) in [5, 5.41) is 3.11. The highest BCUT2D eigenvalue weighted by Crippen LogP contribution is 2.35. The maximum absolute atomic E-state index is 12.4. The second-order valence-electron chi connectivity index (χ2n) is 5.93. The van der Waals surface area contributed by atoms with Gasteiger partial charge in [0.25, 0.3) is 0 Å². The monoisotopic (exact) mass is 414 g/mol. The summed E-state index contributed by atoms with van der Waals surface area (Å²) in [5.41, 5.74) is 1.16. The van der Waals surface area contributed by atoms with Crippen LogP contribution >= 0.6 is 11.6 Å². The van der Waals surface area contributed by atoms with Crippen molar-refractivity contribution in [3.63, 3.8) is 0 Å². The van der Waals surface area contributed by atoms with Crippen LogP contribution in [-0.2, 0) is 11.3 Å². The molecule has 0 aromatic heterocycles. The number of benzene rings is 2. The maximum atomic E-state index is 12.4. The van der Waals surface area contributed by atoms with Crippen molar-refractivity contribution in [1.29, 1.82) is 0 Å². The van der Waals surface area contributed by atoms with Crippen molar-refractivity contribution in [2.45, 2.75) is 13.2 Å². The number of anilines is 1. The molecule has 2 rings (SSSR count). The van der Waals surface area contributed by atoms with Gasteiger partial charge in [-0.15, -0.1) is 0 Å². The molecule has 1 N–H and O–H groups in total. The number of hydrogen-bond acceptors (Lipinski definition) is 5. The summed E-state index contributed by atoms with van der Waals surface area (Å²) >= 11 is 6.05. The number of alkyl halides is 2. The third kappa shape index (κ3) is 6.24. The molecule has 6 nitrogen and oxygen atoms in total. The highest BCUT2D eigenvalue weighted by Gasteiger charge is 2.14. The predicted molar refractivity (Wildman–Crippen MR) is 103 cm³/mol. The molecule has 0 unspecified atom stereocenters. The van der Waals surface area contributed by atoms with Gasteiger partial charge < -0.3 is 19.5 Å². The highest BCUT2D eigenvalue weighted by molar-refractivity contribution is 6.32. The molecule has 0 spiro atoms. The first-order valence-corrected chi connectivity index (χ1v) is 8.63. The molecule has 2 aromatic rings. The van der Waals surface area contributed by atoms with Crippen LogP contribution in [-0.4, -0.2) is 45.2 Å². The SMILES string of the molecule is COc1cc(NC(=O)CN(C)Cc2cccc(OC(F)F)c2)c(OC)cc1Cl. The minimum Gasteiger partial charge on any atom is -0.495 e. The van der Waals surface area contributed by atoms with E-state index in [1.54, 1.807) is 36.2 Å². The number of methoxy groups -OCH3 is 2. The lowest BCUT2D eigenvalue weighted by Gasteiger charge is -2.18. The van der Waals surface area contributed by atoms with Crippen molar-refractivity contribution in [2.24, 2.45) is 0 Å². The van der Waals surface area contributed by atoms with Gasteiger partial charge in [0.15, 0.2) is 0 Å². The van der Waals surface area contributed by atoms with E-state index in [2.05, 4.69) is 10.1 Å². The fourth-order valence-electron chi connectivity index (χ4n) is 2.58. The molecular weight excluding hydrogens is 394 g/mol. The normalized spacial score (nSPS) is 10.9. The van der Waals surface area contributed by atoms with E-state index >= 15 is 0 Å². The topological polar surface area (TPSA) is 60.0 Å². The summed E-state index contributed by atoms with van der Waals surface area (Å²) in [5.74, 6) is 0.592. The number of carbonyl (C=O) groups is 1. The number of nitrogens with one attached hydrogen (secondary N) is 1. The minimum atomic E-state index is -2.88. The summed E-state index contributed by atoms with van der Waals surface area (Å²) in [6.45, 7) is -2.45. The quantitative estimate of drug-likeness (QED) is 0.671. The third-order valence-corrected chi connectivity index (χ3v) is 4.03. The zero-order valence-electron chi connectivity index (χ0n) is 15.7. The molecule has 0 saturated carbocycles. The van der Waals surface area contributed by atoms with Gasteiger partial charge >= 0.3 is 6.61 Å². The van der Waals surface area contributed by atoms with Crippen LogP contribution in [0.25, 0.3) is 0 Å². The fourth-order valence-corrected chi connectivity index (χ4v) is 2.81. The second kappa shape index (κ2) is 10.1. The van der Waals surface area contributed by atoms with Crippen LogP contribution in [0.15, 0.2) is 36.4 Å². The molecule has 2 aromatic carbocycles. The fraction of sp³-hybridized carbons (Fsp3) is 0.316. The molecule has 0 aliphatic heterocycles. The first-order valence-electron chi connectivity index (χ1n) is 8.26. The van der Waals surface area contributed by atoms with Crippen LogP contribution < -0.4 is 19.5 Å². The number of likely N-dealkylation sites (N-methyl/N-ethyl adjacent to an activating group) is 1. The molecule has 0 fully saturated rings. The molecule has 1 amide bonds. The Kier molecular flexibility index (Phi) is 7.83. The number of rotatable bonds is 9. The summed E-state index contributed by atoms with van der Waals surface area (Å²) in [7, 11) is 4.67. The standard InChI is InChI=1S/C19H21ClF2N2O4/c1-24(10-12-5-4-6-13(7-12)28-19(21)22)11-18(25)23-15-9-16(26-2)14(20)8-17(15)27-3/h4-9,19H,10-11H2,1-3H3,(H,23,25). The second-order valence-corrected chi connectivity index (χ2v) is 6.34. The van der Waals surface area contributed by atoms with E-state index < -0.39 is 6.61 Å². The number of hydrogen-bond donors (Lipinski definition) is 1. The van der Waals surface area contributed by atoms with Gasteiger partial charge in [-0.1, -0.05) is 23.7 Å². The zero-order chi connectivity index (χ0) is 20.7. The van der Waals surface area contributed by atoms with Crippen LogP contribution in [0.5, 0.6) is 17.2 Å². The van der Waals surface area contributed by atoms with Gasteiger partial charge in [-0.2, -0.15) is 8.78 Å². The van der Waals surface area contributed by atoms with Gasteiger partial charge in [-0.3, -0.25) is 9.69 Å². The Labute approximate surface area is 166 Å². The summed E-state index contributed by atoms with van der Waals surface area (Å²) < 4.78 is 39.4. The minimum absolute atomic E-state index is 0.0635. The smallest absolute Gasteiger partial charge is 0.387 e. The molecule has 0 aliphatic rings. The zero-order valence-corrected chi connectivity index (χ0v) is 16.4. The van der Waals surface area contributed by atoms with Crippen molar-refractivity contribution >= 4 is 23.2 Å². The van der Waals surface area contributed by atoms with E-state index in [1.165, 1.54) is 26.4 Å². The summed E-state index contributed by atoms with van der Waals surface area (Å²) in [4.78, 5) is 14.1. The highest BCUT2D eigenvalue weighted by atomic mass is 35.5. The van der Waals surface area contributed by atoms with Crippen LogP contribution in [0.4, 0.5) is 14.5 Å². The summed E-state index contributed by atoms with van der Waals surface area (Å²) in [6.07, 6.45) is 0. The van der Waals surface area contributed by atoms with E-state index in [9.17, 15) is 13.6 Å². The van der Waals surface area contributed by atoms with E-state index in [0.29, 0.717) is 28.8 Å². The maximum Gasteiger partial charge on any atom is 0.387 e. The lowest BCUT2D eigenvalue weighted by atomic mass is 10.2. The number of carbonyl (C=O) groups excluding carboxylic acids is 1. The van der Waals surface area contributed by atoms with Gasteiger partial charge in [0, 0.05) is 18.7 Å². The third-order valence-electron chi connectivity index (χ3n) is 3.74. The average molecular weight is 415 g/mol. The average Bonchev–Trinajstić information content (AvgIpc) is 2.62. The summed E-state index contributed by atoms with van der Waals surface area (Å²) in [6, 6.07) is 9.46. The molecule has 0 heterocycles. The molecule has 0 bridgehead atoms.